The Morgan fingerprint density at radius 3 is 1.75 bits per heavy atom. The van der Waals surface area contributed by atoms with Gasteiger partial charge in [0.1, 0.15) is 0 Å². The number of benzene rings is 6. The minimum Gasteiger partial charge on any atom is -0.0842 e. The Bertz CT molecular complexity index is 3880. The average molecular weight is 875 g/mol. The molecule has 330 valence electrons. The first-order valence-corrected chi connectivity index (χ1v) is 25.6. The number of hydrogen-bond acceptors (Lipinski definition) is 0. The molecule has 0 spiro atoms. The minimum atomic E-state index is -0.0722. The van der Waals surface area contributed by atoms with Gasteiger partial charge in [0, 0.05) is 17.3 Å². The van der Waals surface area contributed by atoms with Crippen molar-refractivity contribution < 1.29 is 0 Å². The molecule has 14 rings (SSSR count). The lowest BCUT2D eigenvalue weighted by molar-refractivity contribution is 0.417. The lowest BCUT2D eigenvalue weighted by Gasteiger charge is -2.36. The van der Waals surface area contributed by atoms with Gasteiger partial charge in [-0.2, -0.15) is 0 Å². The van der Waals surface area contributed by atoms with Crippen LogP contribution in [-0.4, -0.2) is 0 Å². The normalized spacial score (nSPS) is 22.9. The van der Waals surface area contributed by atoms with Crippen molar-refractivity contribution in [1.82, 2.24) is 0 Å². The summed E-state index contributed by atoms with van der Waals surface area (Å²) in [6, 6.07) is 42.5. The van der Waals surface area contributed by atoms with E-state index in [-0.39, 0.29) is 10.8 Å². The van der Waals surface area contributed by atoms with Crippen LogP contribution in [0.2, 0.25) is 0 Å². The van der Waals surface area contributed by atoms with Crippen molar-refractivity contribution in [2.45, 2.75) is 83.5 Å². The van der Waals surface area contributed by atoms with Gasteiger partial charge in [0.15, 0.2) is 0 Å². The lowest BCUT2D eigenvalue weighted by Crippen LogP contribution is -2.43. The maximum atomic E-state index is 2.61. The second-order valence-electron chi connectivity index (χ2n) is 21.8. The molecule has 8 aliphatic rings. The quantitative estimate of drug-likeness (QED) is 0.166. The summed E-state index contributed by atoms with van der Waals surface area (Å²) in [5.41, 5.74) is 22.2. The first-order valence-electron chi connectivity index (χ1n) is 25.6. The maximum absolute atomic E-state index is 2.61. The first kappa shape index (κ1) is 40.3. The molecule has 0 amide bonds. The van der Waals surface area contributed by atoms with E-state index in [0.717, 1.165) is 44.9 Å². The summed E-state index contributed by atoms with van der Waals surface area (Å²) < 4.78 is 0. The molecule has 0 nitrogen and oxygen atoms in total. The van der Waals surface area contributed by atoms with E-state index >= 15 is 0 Å². The zero-order chi connectivity index (χ0) is 45.5. The van der Waals surface area contributed by atoms with E-state index in [9.17, 15) is 0 Å². The highest BCUT2D eigenvalue weighted by molar-refractivity contribution is 6.03. The monoisotopic (exact) mass is 874 g/mol. The third-order valence-electron chi connectivity index (χ3n) is 17.8. The van der Waals surface area contributed by atoms with Crippen LogP contribution in [0, 0.1) is 17.8 Å². The zero-order valence-electron chi connectivity index (χ0n) is 39.9. The second-order valence-corrected chi connectivity index (χ2v) is 21.8. The SMILES string of the molecule is CC1(C)c2ccccc2-c2c1ccc1c2=C2c3ccccc3C(C)(C)C2CC=1c1c2c(c(C3=CC=C(C4=c5ccccc5=C(C5=CC=CCC5)C5C=CC=CC45)CC3)c3ccccc13)=CCCC=2. The Morgan fingerprint density at radius 1 is 0.456 bits per heavy atom. The molecule has 0 aromatic heterocycles. The summed E-state index contributed by atoms with van der Waals surface area (Å²) in [4.78, 5) is 0. The molecule has 0 saturated heterocycles. The van der Waals surface area contributed by atoms with E-state index in [0.29, 0.717) is 17.8 Å². The largest absolute Gasteiger partial charge is 0.0842 e. The summed E-state index contributed by atoms with van der Waals surface area (Å²) in [7, 11) is 0. The molecule has 0 bridgehead atoms. The van der Waals surface area contributed by atoms with Crippen molar-refractivity contribution >= 4 is 50.8 Å². The van der Waals surface area contributed by atoms with Crippen LogP contribution >= 0.6 is 0 Å². The fourth-order valence-electron chi connectivity index (χ4n) is 14.7. The van der Waals surface area contributed by atoms with Crippen LogP contribution in [0.5, 0.6) is 0 Å². The van der Waals surface area contributed by atoms with Crippen molar-refractivity contribution in [3.63, 3.8) is 0 Å². The molecule has 0 saturated carbocycles. The van der Waals surface area contributed by atoms with Crippen molar-refractivity contribution in [2.75, 3.05) is 0 Å². The van der Waals surface area contributed by atoms with Gasteiger partial charge >= 0.3 is 0 Å². The fourth-order valence-corrected chi connectivity index (χ4v) is 14.7. The molecule has 0 heteroatoms. The van der Waals surface area contributed by atoms with Gasteiger partial charge in [0.2, 0.25) is 0 Å². The number of fused-ring (bicyclic) bond motifs is 12. The van der Waals surface area contributed by atoms with E-state index in [1.807, 2.05) is 0 Å². The lowest BCUT2D eigenvalue weighted by atomic mass is 9.68. The third-order valence-corrected chi connectivity index (χ3v) is 17.8. The molecule has 8 aliphatic carbocycles. The molecule has 0 N–H and O–H groups in total. The van der Waals surface area contributed by atoms with Crippen LogP contribution in [0.4, 0.5) is 0 Å². The standard InChI is InChI=1S/C68H58/c1-67(2)56-32-18-16-30-53(56)64-58(67)39-38-52-55(40-59-65(66(52)64)54-31-17-19-33-57(54)68(59,3)4)63-50-28-14-12-26-48(50)62(49-27-13-15-29-51(49)63)43-36-34-42(35-37-43)61-46-24-10-8-22-44(46)60(41-20-6-5-7-21-41)45-23-9-11-25-47(45)61/h5-6,8-12,14,16-20,22-34,36,38-39,44,46,59H,7,13,15,21,35,37,40H2,1-4H3. The molecule has 0 aliphatic heterocycles. The van der Waals surface area contributed by atoms with E-state index < -0.39 is 0 Å². The molecule has 6 aromatic rings. The predicted molar refractivity (Wildman–Crippen MR) is 287 cm³/mol. The van der Waals surface area contributed by atoms with Crippen LogP contribution in [0.3, 0.4) is 0 Å². The Morgan fingerprint density at radius 2 is 1.06 bits per heavy atom. The molecule has 3 unspecified atom stereocenters. The summed E-state index contributed by atoms with van der Waals surface area (Å²) in [6.45, 7) is 9.92. The Hall–Kier alpha value is -6.76. The van der Waals surface area contributed by atoms with Crippen LogP contribution in [0.1, 0.15) is 106 Å². The van der Waals surface area contributed by atoms with Crippen LogP contribution in [0.25, 0.3) is 61.9 Å². The van der Waals surface area contributed by atoms with Crippen molar-refractivity contribution in [3.05, 3.63) is 240 Å². The topological polar surface area (TPSA) is 0 Å². The highest BCUT2D eigenvalue weighted by Gasteiger charge is 2.47. The average Bonchev–Trinajstić information content (AvgIpc) is 3.76. The van der Waals surface area contributed by atoms with Crippen molar-refractivity contribution in [3.8, 4) is 11.1 Å². The van der Waals surface area contributed by atoms with Gasteiger partial charge < -0.3 is 0 Å². The molecule has 0 heterocycles. The zero-order valence-corrected chi connectivity index (χ0v) is 39.9. The molecular formula is C68H58. The molecule has 0 radical (unpaired) electrons. The van der Waals surface area contributed by atoms with E-state index in [4.69, 9.17) is 0 Å². The Balaban J connectivity index is 1.01. The molecule has 6 aromatic carbocycles. The number of allylic oxidation sites excluding steroid dienone is 12. The van der Waals surface area contributed by atoms with Gasteiger partial charge in [-0.1, -0.05) is 204 Å². The molecule has 0 fully saturated rings. The van der Waals surface area contributed by atoms with Gasteiger partial charge in [-0.15, -0.1) is 0 Å². The van der Waals surface area contributed by atoms with Crippen LogP contribution < -0.4 is 31.3 Å². The van der Waals surface area contributed by atoms with Gasteiger partial charge in [-0.3, -0.25) is 0 Å². The summed E-state index contributed by atoms with van der Waals surface area (Å²) in [6.07, 6.45) is 34.2. The van der Waals surface area contributed by atoms with Gasteiger partial charge in [-0.25, -0.2) is 0 Å². The summed E-state index contributed by atoms with van der Waals surface area (Å²) in [5.74, 6) is 1.04. The smallest absolute Gasteiger partial charge is 0.0159 e. The van der Waals surface area contributed by atoms with Gasteiger partial charge in [-0.05, 0) is 182 Å². The Labute approximate surface area is 400 Å². The minimum absolute atomic E-state index is 0.0154. The molecule has 3 atom stereocenters. The highest BCUT2D eigenvalue weighted by Crippen LogP contribution is 2.55. The maximum Gasteiger partial charge on any atom is 0.0159 e. The van der Waals surface area contributed by atoms with E-state index in [2.05, 4.69) is 204 Å². The van der Waals surface area contributed by atoms with Crippen LogP contribution in [-0.2, 0) is 10.8 Å². The predicted octanol–water partition coefficient (Wildman–Crippen LogP) is 12.0. The Kier molecular flexibility index (Phi) is 8.82. The van der Waals surface area contributed by atoms with Crippen molar-refractivity contribution in [1.29, 1.82) is 0 Å². The summed E-state index contributed by atoms with van der Waals surface area (Å²) in [5, 5.41) is 11.5. The third kappa shape index (κ3) is 5.55. The first-order chi connectivity index (χ1) is 33.3. The number of hydrogen-bond donors (Lipinski definition) is 0. The summed E-state index contributed by atoms with van der Waals surface area (Å²) >= 11 is 0. The fraction of sp³-hybridized carbons (Fsp3) is 0.235. The number of rotatable bonds is 4. The van der Waals surface area contributed by atoms with E-state index in [1.165, 1.54) is 120 Å². The van der Waals surface area contributed by atoms with Crippen molar-refractivity contribution in [2.24, 2.45) is 17.8 Å². The van der Waals surface area contributed by atoms with Gasteiger partial charge in [0.05, 0.1) is 0 Å². The van der Waals surface area contributed by atoms with Crippen LogP contribution in [0.15, 0.2) is 175 Å². The van der Waals surface area contributed by atoms with Gasteiger partial charge in [0.25, 0.3) is 0 Å². The molecule has 68 heavy (non-hydrogen) atoms. The molecular weight excluding hydrogens is 817 g/mol. The highest BCUT2D eigenvalue weighted by atomic mass is 14.5. The van der Waals surface area contributed by atoms with E-state index in [1.54, 1.807) is 5.57 Å². The second kappa shape index (κ2) is 14.9.